The van der Waals surface area contributed by atoms with Gasteiger partial charge in [0.2, 0.25) is 0 Å². The van der Waals surface area contributed by atoms with E-state index in [1.54, 1.807) is 12.3 Å². The first-order valence-electron chi connectivity index (χ1n) is 9.70. The maximum atomic E-state index is 14.0. The summed E-state index contributed by atoms with van der Waals surface area (Å²) < 4.78 is 14.0. The summed E-state index contributed by atoms with van der Waals surface area (Å²) in [6.45, 7) is 5.48. The van der Waals surface area contributed by atoms with Crippen molar-refractivity contribution in [3.05, 3.63) is 58.6 Å². The van der Waals surface area contributed by atoms with E-state index >= 15 is 0 Å². The number of carbonyl (C=O) groups excluding carboxylic acids is 1. The standard InChI is InChI=1S/C22H22ClFN4O/c1-13-4-3-9-28(12-13)22(29)17-11-25-21-16(7-5-14(2)26-21)20(17)27-15-6-8-18(23)19(24)10-15/h5-8,10-11,13H,3-4,9,12H2,1-2H3,(H,25,26,27)/t13-/m1/s1. The summed E-state index contributed by atoms with van der Waals surface area (Å²) in [5, 5.41) is 3.97. The van der Waals surface area contributed by atoms with Crippen LogP contribution in [0.5, 0.6) is 0 Å². The molecule has 0 saturated carbocycles. The van der Waals surface area contributed by atoms with E-state index in [4.69, 9.17) is 11.6 Å². The summed E-state index contributed by atoms with van der Waals surface area (Å²) in [7, 11) is 0. The number of aryl methyl sites for hydroxylation is 1. The van der Waals surface area contributed by atoms with Crippen molar-refractivity contribution in [2.24, 2.45) is 5.92 Å². The normalized spacial score (nSPS) is 16.8. The van der Waals surface area contributed by atoms with E-state index in [2.05, 4.69) is 22.2 Å². The van der Waals surface area contributed by atoms with Crippen LogP contribution in [0.25, 0.3) is 11.0 Å². The molecule has 1 aliphatic heterocycles. The molecule has 1 atom stereocenters. The van der Waals surface area contributed by atoms with E-state index < -0.39 is 5.82 Å². The van der Waals surface area contributed by atoms with E-state index in [1.165, 1.54) is 12.1 Å². The molecule has 2 aromatic heterocycles. The number of carbonyl (C=O) groups is 1. The number of nitrogens with one attached hydrogen (secondary N) is 1. The van der Waals surface area contributed by atoms with Crippen LogP contribution in [0.1, 0.15) is 35.8 Å². The fourth-order valence-electron chi connectivity index (χ4n) is 3.73. The van der Waals surface area contributed by atoms with Crippen LogP contribution in [0.4, 0.5) is 15.8 Å². The molecule has 1 aliphatic rings. The van der Waals surface area contributed by atoms with Crippen LogP contribution in [0.3, 0.4) is 0 Å². The van der Waals surface area contributed by atoms with E-state index in [9.17, 15) is 9.18 Å². The van der Waals surface area contributed by atoms with Crippen molar-refractivity contribution in [3.8, 4) is 0 Å². The average Bonchev–Trinajstić information content (AvgIpc) is 2.70. The number of piperidine rings is 1. The highest BCUT2D eigenvalue weighted by atomic mass is 35.5. The van der Waals surface area contributed by atoms with Gasteiger partial charge in [0, 0.05) is 36.1 Å². The van der Waals surface area contributed by atoms with Crippen molar-refractivity contribution < 1.29 is 9.18 Å². The van der Waals surface area contributed by atoms with Crippen molar-refractivity contribution in [1.29, 1.82) is 0 Å². The van der Waals surface area contributed by atoms with Gasteiger partial charge in [-0.25, -0.2) is 14.4 Å². The Morgan fingerprint density at radius 3 is 2.90 bits per heavy atom. The Balaban J connectivity index is 1.80. The number of fused-ring (bicyclic) bond motifs is 1. The summed E-state index contributed by atoms with van der Waals surface area (Å²) in [5.74, 6) is -0.141. The molecule has 1 aromatic carbocycles. The zero-order valence-corrected chi connectivity index (χ0v) is 17.1. The Labute approximate surface area is 173 Å². The number of nitrogens with zero attached hydrogens (tertiary/aromatic N) is 3. The number of anilines is 2. The van der Waals surface area contributed by atoms with Gasteiger partial charge in [0.25, 0.3) is 5.91 Å². The molecule has 29 heavy (non-hydrogen) atoms. The number of halogens is 2. The molecule has 7 heteroatoms. The van der Waals surface area contributed by atoms with Gasteiger partial charge < -0.3 is 10.2 Å². The lowest BCUT2D eigenvalue weighted by atomic mass is 9.99. The Kier molecular flexibility index (Phi) is 5.37. The first kappa shape index (κ1) is 19.6. The van der Waals surface area contributed by atoms with E-state index in [0.29, 0.717) is 33.9 Å². The predicted octanol–water partition coefficient (Wildman–Crippen LogP) is 5.35. The molecule has 0 bridgehead atoms. The van der Waals surface area contributed by atoms with E-state index in [0.717, 1.165) is 31.6 Å². The van der Waals surface area contributed by atoms with Crippen LogP contribution >= 0.6 is 11.6 Å². The molecule has 150 valence electrons. The van der Waals surface area contributed by atoms with Crippen LogP contribution in [0.2, 0.25) is 5.02 Å². The van der Waals surface area contributed by atoms with E-state index in [1.807, 2.05) is 24.0 Å². The fourth-order valence-corrected chi connectivity index (χ4v) is 3.85. The first-order chi connectivity index (χ1) is 13.9. The summed E-state index contributed by atoms with van der Waals surface area (Å²) in [5.41, 5.74) is 2.89. The van der Waals surface area contributed by atoms with Gasteiger partial charge in [0.15, 0.2) is 5.65 Å². The summed E-state index contributed by atoms with van der Waals surface area (Å²) in [6, 6.07) is 8.23. The Hall–Kier alpha value is -2.73. The highest BCUT2D eigenvalue weighted by Crippen LogP contribution is 2.31. The molecule has 0 aliphatic carbocycles. The van der Waals surface area contributed by atoms with Gasteiger partial charge in [-0.1, -0.05) is 18.5 Å². The van der Waals surface area contributed by atoms with Gasteiger partial charge in [-0.3, -0.25) is 4.79 Å². The van der Waals surface area contributed by atoms with Crippen molar-refractivity contribution in [2.75, 3.05) is 18.4 Å². The van der Waals surface area contributed by atoms with Gasteiger partial charge in [0.1, 0.15) is 5.82 Å². The zero-order valence-electron chi connectivity index (χ0n) is 16.4. The smallest absolute Gasteiger partial charge is 0.257 e. The monoisotopic (exact) mass is 412 g/mol. The molecule has 4 rings (SSSR count). The SMILES string of the molecule is Cc1ccc2c(Nc3ccc(Cl)c(F)c3)c(C(=O)N3CCC[C@@H](C)C3)cnc2n1. The number of hydrogen-bond donors (Lipinski definition) is 1. The molecule has 1 fully saturated rings. The molecule has 3 aromatic rings. The minimum atomic E-state index is -0.526. The zero-order chi connectivity index (χ0) is 20.5. The topological polar surface area (TPSA) is 58.1 Å². The number of hydrogen-bond acceptors (Lipinski definition) is 4. The van der Waals surface area contributed by atoms with Crippen molar-refractivity contribution in [1.82, 2.24) is 14.9 Å². The lowest BCUT2D eigenvalue weighted by Crippen LogP contribution is -2.39. The number of pyridine rings is 2. The molecule has 1 amide bonds. The predicted molar refractivity (Wildman–Crippen MR) is 113 cm³/mol. The van der Waals surface area contributed by atoms with Crippen LogP contribution in [0, 0.1) is 18.7 Å². The lowest BCUT2D eigenvalue weighted by Gasteiger charge is -2.31. The van der Waals surface area contributed by atoms with Crippen molar-refractivity contribution in [2.45, 2.75) is 26.7 Å². The third kappa shape index (κ3) is 4.03. The van der Waals surface area contributed by atoms with Gasteiger partial charge in [-0.05, 0) is 56.0 Å². The van der Waals surface area contributed by atoms with Crippen LogP contribution in [-0.2, 0) is 0 Å². The fraction of sp³-hybridized carbons (Fsp3) is 0.318. The molecule has 0 spiro atoms. The quantitative estimate of drug-likeness (QED) is 0.630. The summed E-state index contributed by atoms with van der Waals surface area (Å²) in [4.78, 5) is 24.1. The molecule has 3 heterocycles. The molecular formula is C22H22ClFN4O. The van der Waals surface area contributed by atoms with E-state index in [-0.39, 0.29) is 10.9 Å². The number of benzene rings is 1. The van der Waals surface area contributed by atoms with Crippen LogP contribution in [0.15, 0.2) is 36.5 Å². The summed E-state index contributed by atoms with van der Waals surface area (Å²) in [6.07, 6.45) is 3.67. The minimum Gasteiger partial charge on any atom is -0.354 e. The highest BCUT2D eigenvalue weighted by molar-refractivity contribution is 6.30. The maximum Gasteiger partial charge on any atom is 0.257 e. The number of aromatic nitrogens is 2. The van der Waals surface area contributed by atoms with Gasteiger partial charge in [0.05, 0.1) is 16.3 Å². The second-order valence-corrected chi connectivity index (χ2v) is 8.03. The van der Waals surface area contributed by atoms with Gasteiger partial charge in [-0.2, -0.15) is 0 Å². The number of amides is 1. The Morgan fingerprint density at radius 1 is 1.31 bits per heavy atom. The average molecular weight is 413 g/mol. The molecule has 1 saturated heterocycles. The summed E-state index contributed by atoms with van der Waals surface area (Å²) >= 11 is 5.81. The highest BCUT2D eigenvalue weighted by Gasteiger charge is 2.25. The lowest BCUT2D eigenvalue weighted by molar-refractivity contribution is 0.0684. The van der Waals surface area contributed by atoms with Gasteiger partial charge in [-0.15, -0.1) is 0 Å². The third-order valence-electron chi connectivity index (χ3n) is 5.23. The molecule has 1 N–H and O–H groups in total. The number of likely N-dealkylation sites (tertiary alicyclic amines) is 1. The third-order valence-corrected chi connectivity index (χ3v) is 5.54. The van der Waals surface area contributed by atoms with Crippen LogP contribution < -0.4 is 5.32 Å². The molecule has 0 radical (unpaired) electrons. The first-order valence-corrected chi connectivity index (χ1v) is 10.1. The second kappa shape index (κ2) is 7.95. The largest absolute Gasteiger partial charge is 0.354 e. The second-order valence-electron chi connectivity index (χ2n) is 7.62. The molecule has 5 nitrogen and oxygen atoms in total. The van der Waals surface area contributed by atoms with Crippen molar-refractivity contribution >= 4 is 39.9 Å². The van der Waals surface area contributed by atoms with Crippen molar-refractivity contribution in [3.63, 3.8) is 0 Å². The number of rotatable bonds is 3. The Morgan fingerprint density at radius 2 is 2.14 bits per heavy atom. The minimum absolute atomic E-state index is 0.0473. The van der Waals surface area contributed by atoms with Crippen LogP contribution in [-0.4, -0.2) is 33.9 Å². The Bertz CT molecular complexity index is 1090. The maximum absolute atomic E-state index is 14.0. The van der Waals surface area contributed by atoms with Gasteiger partial charge >= 0.3 is 0 Å². The molecular weight excluding hydrogens is 391 g/mol. The molecule has 0 unspecified atom stereocenters.